The summed E-state index contributed by atoms with van der Waals surface area (Å²) in [7, 11) is 0. The summed E-state index contributed by atoms with van der Waals surface area (Å²) in [5.41, 5.74) is 1.21. The van der Waals surface area contributed by atoms with E-state index < -0.39 is 12.1 Å². The maximum atomic E-state index is 11.1. The van der Waals surface area contributed by atoms with E-state index in [1.165, 1.54) is 4.90 Å². The molecule has 1 saturated heterocycles. The minimum atomic E-state index is -0.987. The van der Waals surface area contributed by atoms with Gasteiger partial charge in [-0.05, 0) is 5.56 Å². The van der Waals surface area contributed by atoms with Crippen molar-refractivity contribution < 1.29 is 19.4 Å². The van der Waals surface area contributed by atoms with Crippen molar-refractivity contribution in [2.45, 2.75) is 6.04 Å². The number of carbonyl (C=O) groups excluding carboxylic acids is 1. The number of rotatable bonds is 2. The fraction of sp³-hybridized carbons (Fsp3) is 0.333. The van der Waals surface area contributed by atoms with E-state index in [0.29, 0.717) is 24.3 Å². The first-order chi connectivity index (χ1) is 8.24. The topological polar surface area (TPSA) is 66.8 Å². The Hall–Kier alpha value is -1.88. The zero-order valence-electron chi connectivity index (χ0n) is 9.20. The van der Waals surface area contributed by atoms with Crippen molar-refractivity contribution in [1.82, 2.24) is 4.90 Å². The van der Waals surface area contributed by atoms with Gasteiger partial charge in [0.05, 0.1) is 19.3 Å². The molecule has 1 aromatic carbocycles. The van der Waals surface area contributed by atoms with Crippen molar-refractivity contribution in [3.63, 3.8) is 0 Å². The lowest BCUT2D eigenvalue weighted by Gasteiger charge is -2.34. The van der Waals surface area contributed by atoms with Crippen LogP contribution in [0.1, 0.15) is 22.0 Å². The molecule has 0 saturated carbocycles. The van der Waals surface area contributed by atoms with E-state index in [-0.39, 0.29) is 6.61 Å². The number of aldehydes is 1. The second-order valence-corrected chi connectivity index (χ2v) is 3.81. The van der Waals surface area contributed by atoms with Crippen LogP contribution < -0.4 is 0 Å². The quantitative estimate of drug-likeness (QED) is 0.790. The Morgan fingerprint density at radius 1 is 1.47 bits per heavy atom. The molecular formula is C12H13NO4. The van der Waals surface area contributed by atoms with Crippen molar-refractivity contribution >= 4 is 12.4 Å². The van der Waals surface area contributed by atoms with Gasteiger partial charge in [-0.25, -0.2) is 4.79 Å². The summed E-state index contributed by atoms with van der Waals surface area (Å²) in [5, 5.41) is 9.12. The second-order valence-electron chi connectivity index (χ2n) is 3.81. The van der Waals surface area contributed by atoms with Crippen LogP contribution >= 0.6 is 0 Å². The molecule has 0 aliphatic carbocycles. The SMILES string of the molecule is O=Cc1ccccc1[C@@H]1COCCN1C(=O)O. The van der Waals surface area contributed by atoms with E-state index in [9.17, 15) is 9.59 Å². The summed E-state index contributed by atoms with van der Waals surface area (Å²) in [6.45, 7) is 1.01. The molecule has 1 amide bonds. The van der Waals surface area contributed by atoms with Crippen molar-refractivity contribution in [2.24, 2.45) is 0 Å². The van der Waals surface area contributed by atoms with Crippen LogP contribution in [-0.4, -0.2) is 42.1 Å². The third-order valence-corrected chi connectivity index (χ3v) is 2.86. The Morgan fingerprint density at radius 3 is 2.94 bits per heavy atom. The number of morpholine rings is 1. The van der Waals surface area contributed by atoms with E-state index >= 15 is 0 Å². The summed E-state index contributed by atoms with van der Waals surface area (Å²) in [6.07, 6.45) is -0.247. The van der Waals surface area contributed by atoms with E-state index in [4.69, 9.17) is 9.84 Å². The minimum Gasteiger partial charge on any atom is -0.465 e. The van der Waals surface area contributed by atoms with Gasteiger partial charge in [0.2, 0.25) is 0 Å². The van der Waals surface area contributed by atoms with Crippen LogP contribution in [0.3, 0.4) is 0 Å². The molecule has 0 aromatic heterocycles. The lowest BCUT2D eigenvalue weighted by Crippen LogP contribution is -2.42. The first-order valence-electron chi connectivity index (χ1n) is 5.35. The molecule has 17 heavy (non-hydrogen) atoms. The number of benzene rings is 1. The molecular weight excluding hydrogens is 222 g/mol. The van der Waals surface area contributed by atoms with Crippen LogP contribution in [0.2, 0.25) is 0 Å². The summed E-state index contributed by atoms with van der Waals surface area (Å²) in [5.74, 6) is 0. The Bertz CT molecular complexity index is 432. The van der Waals surface area contributed by atoms with E-state index in [1.807, 2.05) is 0 Å². The highest BCUT2D eigenvalue weighted by molar-refractivity contribution is 5.78. The number of carboxylic acid groups (broad SMARTS) is 1. The zero-order valence-corrected chi connectivity index (χ0v) is 9.20. The lowest BCUT2D eigenvalue weighted by molar-refractivity contribution is -0.00106. The maximum absolute atomic E-state index is 11.1. The smallest absolute Gasteiger partial charge is 0.407 e. The monoisotopic (exact) mass is 235 g/mol. The van der Waals surface area contributed by atoms with Gasteiger partial charge in [-0.15, -0.1) is 0 Å². The van der Waals surface area contributed by atoms with Crippen LogP contribution in [0, 0.1) is 0 Å². The molecule has 1 atom stereocenters. The molecule has 1 heterocycles. The molecule has 90 valence electrons. The van der Waals surface area contributed by atoms with Crippen LogP contribution in [0.15, 0.2) is 24.3 Å². The molecule has 1 aliphatic heterocycles. The van der Waals surface area contributed by atoms with E-state index in [2.05, 4.69) is 0 Å². The van der Waals surface area contributed by atoms with Crippen LogP contribution in [-0.2, 0) is 4.74 Å². The molecule has 0 unspecified atom stereocenters. The highest BCUT2D eigenvalue weighted by Crippen LogP contribution is 2.26. The number of hydrogen-bond acceptors (Lipinski definition) is 3. The average Bonchev–Trinajstić information content (AvgIpc) is 2.38. The third kappa shape index (κ3) is 2.29. The molecule has 1 fully saturated rings. The van der Waals surface area contributed by atoms with Crippen LogP contribution in [0.25, 0.3) is 0 Å². The number of carbonyl (C=O) groups is 2. The summed E-state index contributed by atoms with van der Waals surface area (Å²) in [4.78, 5) is 23.4. The summed E-state index contributed by atoms with van der Waals surface area (Å²) >= 11 is 0. The Morgan fingerprint density at radius 2 is 2.24 bits per heavy atom. The van der Waals surface area contributed by atoms with Gasteiger partial charge < -0.3 is 9.84 Å². The zero-order chi connectivity index (χ0) is 12.3. The van der Waals surface area contributed by atoms with Crippen molar-refractivity contribution in [3.8, 4) is 0 Å². The van der Waals surface area contributed by atoms with Crippen molar-refractivity contribution in [1.29, 1.82) is 0 Å². The van der Waals surface area contributed by atoms with Crippen LogP contribution in [0.4, 0.5) is 4.79 Å². The van der Waals surface area contributed by atoms with Gasteiger partial charge >= 0.3 is 6.09 Å². The Kier molecular flexibility index (Phi) is 3.39. The predicted octanol–water partition coefficient (Wildman–Crippen LogP) is 1.55. The molecule has 0 radical (unpaired) electrons. The van der Waals surface area contributed by atoms with Gasteiger partial charge in [0.1, 0.15) is 6.29 Å². The molecule has 0 bridgehead atoms. The Labute approximate surface area is 98.6 Å². The number of amides is 1. The van der Waals surface area contributed by atoms with Crippen LogP contribution in [0.5, 0.6) is 0 Å². The second kappa shape index (κ2) is 4.97. The molecule has 1 aliphatic rings. The number of nitrogens with zero attached hydrogens (tertiary/aromatic N) is 1. The first-order valence-corrected chi connectivity index (χ1v) is 5.35. The Balaban J connectivity index is 2.35. The van der Waals surface area contributed by atoms with Gasteiger partial charge in [-0.2, -0.15) is 0 Å². The number of ether oxygens (including phenoxy) is 1. The van der Waals surface area contributed by atoms with Gasteiger partial charge in [-0.3, -0.25) is 9.69 Å². The predicted molar refractivity (Wildman–Crippen MR) is 60.1 cm³/mol. The summed E-state index contributed by atoms with van der Waals surface area (Å²) < 4.78 is 5.30. The van der Waals surface area contributed by atoms with Gasteiger partial charge in [0.25, 0.3) is 0 Å². The molecule has 0 spiro atoms. The molecule has 1 aromatic rings. The van der Waals surface area contributed by atoms with Gasteiger partial charge in [0, 0.05) is 12.1 Å². The third-order valence-electron chi connectivity index (χ3n) is 2.86. The lowest BCUT2D eigenvalue weighted by atomic mass is 10.00. The van der Waals surface area contributed by atoms with Crippen molar-refractivity contribution in [3.05, 3.63) is 35.4 Å². The molecule has 5 heteroatoms. The highest BCUT2D eigenvalue weighted by Gasteiger charge is 2.29. The summed E-state index contributed by atoms with van der Waals surface area (Å²) in [6, 6.07) is 6.58. The van der Waals surface area contributed by atoms with Gasteiger partial charge in [0.15, 0.2) is 0 Å². The fourth-order valence-electron chi connectivity index (χ4n) is 2.01. The highest BCUT2D eigenvalue weighted by atomic mass is 16.5. The fourth-order valence-corrected chi connectivity index (χ4v) is 2.01. The van der Waals surface area contributed by atoms with Crippen molar-refractivity contribution in [2.75, 3.05) is 19.8 Å². The minimum absolute atomic E-state index is 0.289. The normalized spacial score (nSPS) is 20.0. The standard InChI is InChI=1S/C12H13NO4/c14-7-9-3-1-2-4-10(9)11-8-17-6-5-13(11)12(15)16/h1-4,7,11H,5-6,8H2,(H,15,16)/t11-/m0/s1. The van der Waals surface area contributed by atoms with Gasteiger partial charge in [-0.1, -0.05) is 24.3 Å². The molecule has 1 N–H and O–H groups in total. The number of hydrogen-bond donors (Lipinski definition) is 1. The van der Waals surface area contributed by atoms with E-state index in [1.54, 1.807) is 24.3 Å². The molecule has 2 rings (SSSR count). The molecule has 5 nitrogen and oxygen atoms in total. The van der Waals surface area contributed by atoms with E-state index in [0.717, 1.165) is 6.29 Å². The maximum Gasteiger partial charge on any atom is 0.407 e. The first kappa shape index (κ1) is 11.6. The largest absolute Gasteiger partial charge is 0.465 e. The average molecular weight is 235 g/mol.